The summed E-state index contributed by atoms with van der Waals surface area (Å²) >= 11 is 0. The fourth-order valence-corrected chi connectivity index (χ4v) is 10.2. The zero-order valence-electron chi connectivity index (χ0n) is 23.2. The van der Waals surface area contributed by atoms with Crippen LogP contribution in [0.2, 0.25) is 5.04 Å². The van der Waals surface area contributed by atoms with Crippen molar-refractivity contribution in [1.29, 1.82) is 0 Å². The topological polar surface area (TPSA) is 55.8 Å². The van der Waals surface area contributed by atoms with Crippen LogP contribution in [-0.4, -0.2) is 37.7 Å². The normalized spacial score (nSPS) is 17.5. The van der Waals surface area contributed by atoms with Crippen molar-refractivity contribution in [3.05, 3.63) is 72.8 Å². The summed E-state index contributed by atoms with van der Waals surface area (Å²) in [5, 5.41) is 13.7. The average molecular weight is 523 g/mol. The molecule has 1 aliphatic heterocycles. The maximum absolute atomic E-state index is 11.8. The third kappa shape index (κ3) is 7.65. The third-order valence-electron chi connectivity index (χ3n) is 7.48. The van der Waals surface area contributed by atoms with Crippen molar-refractivity contribution in [3.8, 4) is 0 Å². The number of carbonyl (C=O) groups is 1. The lowest BCUT2D eigenvalue weighted by molar-refractivity contribution is -0.145. The second-order valence-corrected chi connectivity index (χ2v) is 15.6. The second-order valence-electron chi connectivity index (χ2n) is 11.3. The van der Waals surface area contributed by atoms with Gasteiger partial charge in [0.1, 0.15) is 12.2 Å². The SMILES string of the molecule is CCCCCCCCCCC(O[Si](c1ccccc1)(c1ccccc1)C(C)(C)C)[C@@H](O)[C@H]1C=CC(=O)O1. The summed E-state index contributed by atoms with van der Waals surface area (Å²) in [7, 11) is -2.86. The zero-order chi connectivity index (χ0) is 26.7. The summed E-state index contributed by atoms with van der Waals surface area (Å²) in [4.78, 5) is 11.8. The predicted octanol–water partition coefficient (Wildman–Crippen LogP) is 6.30. The summed E-state index contributed by atoms with van der Waals surface area (Å²) in [5.41, 5.74) is 0. The summed E-state index contributed by atoms with van der Waals surface area (Å²) in [6, 6.07) is 21.0. The summed E-state index contributed by atoms with van der Waals surface area (Å²) in [6.45, 7) is 8.98. The summed E-state index contributed by atoms with van der Waals surface area (Å²) < 4.78 is 12.7. The summed E-state index contributed by atoms with van der Waals surface area (Å²) in [5.74, 6) is -0.402. The zero-order valence-corrected chi connectivity index (χ0v) is 24.2. The first-order chi connectivity index (χ1) is 17.8. The number of hydrogen-bond acceptors (Lipinski definition) is 4. The van der Waals surface area contributed by atoms with Crippen LogP contribution in [0.3, 0.4) is 0 Å². The molecule has 37 heavy (non-hydrogen) atoms. The highest BCUT2D eigenvalue weighted by Crippen LogP contribution is 2.39. The van der Waals surface area contributed by atoms with Crippen LogP contribution >= 0.6 is 0 Å². The Morgan fingerprint density at radius 1 is 0.865 bits per heavy atom. The Morgan fingerprint density at radius 2 is 1.38 bits per heavy atom. The number of cyclic esters (lactones) is 1. The number of aliphatic hydroxyl groups is 1. The molecule has 0 amide bonds. The Labute approximate surface area is 225 Å². The Bertz CT molecular complexity index is 928. The number of rotatable bonds is 15. The van der Waals surface area contributed by atoms with Crippen molar-refractivity contribution >= 4 is 24.7 Å². The Kier molecular flexibility index (Phi) is 11.2. The van der Waals surface area contributed by atoms with Gasteiger partial charge in [-0.3, -0.25) is 0 Å². The van der Waals surface area contributed by atoms with Gasteiger partial charge in [0, 0.05) is 6.08 Å². The molecular formula is C32H46O4Si. The average Bonchev–Trinajstić information content (AvgIpc) is 3.33. The van der Waals surface area contributed by atoms with Gasteiger partial charge in [-0.25, -0.2) is 4.79 Å². The predicted molar refractivity (Wildman–Crippen MR) is 155 cm³/mol. The fraction of sp³-hybridized carbons (Fsp3) is 0.531. The molecular weight excluding hydrogens is 476 g/mol. The molecule has 2 aromatic carbocycles. The van der Waals surface area contributed by atoms with Gasteiger partial charge in [0.05, 0.1) is 6.10 Å². The maximum atomic E-state index is 11.8. The van der Waals surface area contributed by atoms with Gasteiger partial charge >= 0.3 is 5.97 Å². The largest absolute Gasteiger partial charge is 0.452 e. The van der Waals surface area contributed by atoms with E-state index in [4.69, 9.17) is 9.16 Å². The van der Waals surface area contributed by atoms with Crippen LogP contribution in [0.4, 0.5) is 0 Å². The fourth-order valence-electron chi connectivity index (χ4n) is 5.48. The first kappa shape index (κ1) is 29.3. The van der Waals surface area contributed by atoms with E-state index in [1.54, 1.807) is 6.08 Å². The van der Waals surface area contributed by atoms with Gasteiger partial charge in [0.25, 0.3) is 8.32 Å². The minimum absolute atomic E-state index is 0.199. The Hall–Kier alpha value is -2.21. The Morgan fingerprint density at radius 3 is 1.84 bits per heavy atom. The quantitative estimate of drug-likeness (QED) is 0.169. The van der Waals surface area contributed by atoms with E-state index in [-0.39, 0.29) is 5.04 Å². The van der Waals surface area contributed by atoms with Gasteiger partial charge in [-0.15, -0.1) is 0 Å². The van der Waals surface area contributed by atoms with Crippen molar-refractivity contribution < 1.29 is 19.1 Å². The molecule has 3 rings (SSSR count). The van der Waals surface area contributed by atoms with Gasteiger partial charge in [-0.05, 0) is 27.9 Å². The van der Waals surface area contributed by atoms with E-state index < -0.39 is 32.6 Å². The molecule has 202 valence electrons. The standard InChI is InChI=1S/C32H46O4Si/c1-5-6-7-8-9-10-11-18-23-29(31(34)28-24-25-30(33)35-28)36-37(32(2,3)4,26-19-14-12-15-20-26)27-21-16-13-17-22-27/h12-17,19-22,24-25,28-29,31,34H,5-11,18,23H2,1-4H3/t28-,29?,31+/m1/s1. The van der Waals surface area contributed by atoms with Crippen LogP contribution in [0.1, 0.15) is 85.5 Å². The van der Waals surface area contributed by atoms with Gasteiger partial charge < -0.3 is 14.3 Å². The number of aliphatic hydroxyl groups excluding tert-OH is 1. The molecule has 1 heterocycles. The highest BCUT2D eigenvalue weighted by molar-refractivity contribution is 6.99. The lowest BCUT2D eigenvalue weighted by Crippen LogP contribution is -2.68. The highest BCUT2D eigenvalue weighted by Gasteiger charge is 2.52. The highest BCUT2D eigenvalue weighted by atomic mass is 28.4. The molecule has 2 aromatic rings. The van der Waals surface area contributed by atoms with Gasteiger partial charge in [-0.1, -0.05) is 140 Å². The minimum atomic E-state index is -2.86. The lowest BCUT2D eigenvalue weighted by atomic mass is 10.0. The molecule has 5 heteroatoms. The van der Waals surface area contributed by atoms with Crippen molar-refractivity contribution in [2.24, 2.45) is 0 Å². The molecule has 4 nitrogen and oxygen atoms in total. The van der Waals surface area contributed by atoms with Crippen LogP contribution in [0, 0.1) is 0 Å². The molecule has 0 radical (unpaired) electrons. The second kappa shape index (κ2) is 14.1. The molecule has 1 N–H and O–H groups in total. The molecule has 0 saturated heterocycles. The van der Waals surface area contributed by atoms with Crippen molar-refractivity contribution in [2.75, 3.05) is 0 Å². The molecule has 0 bridgehead atoms. The number of unbranched alkanes of at least 4 members (excludes halogenated alkanes) is 7. The first-order valence-corrected chi connectivity index (χ1v) is 16.1. The van der Waals surface area contributed by atoms with E-state index in [1.807, 2.05) is 12.1 Å². The number of ether oxygens (including phenoxy) is 1. The van der Waals surface area contributed by atoms with Crippen molar-refractivity contribution in [1.82, 2.24) is 0 Å². The molecule has 0 saturated carbocycles. The molecule has 1 unspecified atom stereocenters. The monoisotopic (exact) mass is 522 g/mol. The van der Waals surface area contributed by atoms with Crippen LogP contribution < -0.4 is 10.4 Å². The number of esters is 1. The van der Waals surface area contributed by atoms with E-state index in [2.05, 4.69) is 76.2 Å². The van der Waals surface area contributed by atoms with E-state index in [9.17, 15) is 9.90 Å². The van der Waals surface area contributed by atoms with Crippen molar-refractivity contribution in [2.45, 2.75) is 109 Å². The molecule has 0 spiro atoms. The van der Waals surface area contributed by atoms with E-state index in [0.717, 1.165) is 19.3 Å². The van der Waals surface area contributed by atoms with Crippen LogP contribution in [0.15, 0.2) is 72.8 Å². The van der Waals surface area contributed by atoms with Crippen molar-refractivity contribution in [3.63, 3.8) is 0 Å². The van der Waals surface area contributed by atoms with E-state index in [1.165, 1.54) is 55.0 Å². The summed E-state index contributed by atoms with van der Waals surface area (Å²) in [6.07, 6.45) is 11.5. The van der Waals surface area contributed by atoms with E-state index in [0.29, 0.717) is 0 Å². The molecule has 1 aliphatic rings. The first-order valence-electron chi connectivity index (χ1n) is 14.2. The van der Waals surface area contributed by atoms with Gasteiger partial charge in [0.2, 0.25) is 0 Å². The maximum Gasteiger partial charge on any atom is 0.331 e. The molecule has 0 aliphatic carbocycles. The molecule has 0 aromatic heterocycles. The molecule has 3 atom stereocenters. The molecule has 0 fully saturated rings. The van der Waals surface area contributed by atoms with Crippen LogP contribution in [0.5, 0.6) is 0 Å². The third-order valence-corrected chi connectivity index (χ3v) is 12.5. The Balaban J connectivity index is 1.89. The van der Waals surface area contributed by atoms with Crippen LogP contribution in [0.25, 0.3) is 0 Å². The van der Waals surface area contributed by atoms with Gasteiger partial charge in [-0.2, -0.15) is 0 Å². The number of benzene rings is 2. The van der Waals surface area contributed by atoms with E-state index >= 15 is 0 Å². The number of carbonyl (C=O) groups excluding carboxylic acids is 1. The minimum Gasteiger partial charge on any atom is -0.452 e. The lowest BCUT2D eigenvalue weighted by Gasteiger charge is -2.46. The smallest absolute Gasteiger partial charge is 0.331 e. The number of hydrogen-bond donors (Lipinski definition) is 1. The van der Waals surface area contributed by atoms with Gasteiger partial charge in [0.15, 0.2) is 0 Å². The van der Waals surface area contributed by atoms with Crippen LogP contribution in [-0.2, 0) is 14.0 Å².